The Labute approximate surface area is 150 Å². The van der Waals surface area contributed by atoms with E-state index in [1.807, 2.05) is 24.3 Å². The largest absolute Gasteiger partial charge is 0.381 e. The smallest absolute Gasteiger partial charge is 0.179 e. The number of benzene rings is 1. The summed E-state index contributed by atoms with van der Waals surface area (Å²) in [7, 11) is 0. The van der Waals surface area contributed by atoms with Gasteiger partial charge in [0.15, 0.2) is 23.2 Å². The van der Waals surface area contributed by atoms with Gasteiger partial charge in [-0.3, -0.25) is 14.6 Å². The van der Waals surface area contributed by atoms with Crippen molar-refractivity contribution in [2.45, 2.75) is 20.4 Å². The Bertz CT molecular complexity index is 987. The van der Waals surface area contributed by atoms with E-state index < -0.39 is 0 Å². The van der Waals surface area contributed by atoms with Crippen LogP contribution in [0.5, 0.6) is 0 Å². The average Bonchev–Trinajstić information content (AvgIpc) is 2.60. The number of carbonyl (C=O) groups is 2. The predicted molar refractivity (Wildman–Crippen MR) is 101 cm³/mol. The van der Waals surface area contributed by atoms with Crippen molar-refractivity contribution in [1.82, 2.24) is 21.1 Å². The van der Waals surface area contributed by atoms with Crippen molar-refractivity contribution in [2.75, 3.05) is 11.1 Å². The summed E-state index contributed by atoms with van der Waals surface area (Å²) in [5.74, 6) is 0.390. The van der Waals surface area contributed by atoms with Crippen LogP contribution >= 0.6 is 0 Å². The molecular weight excluding hydrogens is 332 g/mol. The minimum atomic E-state index is -0.177. The lowest BCUT2D eigenvalue weighted by molar-refractivity contribution is 0.100. The number of Topliss-reactive ketones (excluding diaryl/α,β-unsaturated/α-hetero) is 2. The number of rotatable bonds is 5. The van der Waals surface area contributed by atoms with Gasteiger partial charge in [-0.1, -0.05) is 6.07 Å². The molecule has 2 heterocycles. The number of carbonyl (C=O) groups excluding carboxylic acids is 2. The zero-order valence-electron chi connectivity index (χ0n) is 14.6. The monoisotopic (exact) mass is 352 g/mol. The van der Waals surface area contributed by atoms with Crippen LogP contribution in [0.1, 0.15) is 40.3 Å². The molecule has 0 bridgehead atoms. The van der Waals surface area contributed by atoms with E-state index in [-0.39, 0.29) is 29.2 Å². The van der Waals surface area contributed by atoms with Crippen LogP contribution in [0.25, 0.3) is 10.9 Å². The van der Waals surface area contributed by atoms with Crippen LogP contribution in [0.2, 0.25) is 0 Å². The maximum absolute atomic E-state index is 11.5. The molecule has 8 heteroatoms. The van der Waals surface area contributed by atoms with Crippen molar-refractivity contribution in [3.63, 3.8) is 0 Å². The zero-order valence-corrected chi connectivity index (χ0v) is 14.6. The first-order valence-corrected chi connectivity index (χ1v) is 7.71. The summed E-state index contributed by atoms with van der Waals surface area (Å²) in [4.78, 5) is 35.4. The lowest BCUT2D eigenvalue weighted by Gasteiger charge is -2.09. The third-order valence-electron chi connectivity index (χ3n) is 3.77. The molecule has 0 radical (unpaired) electrons. The highest BCUT2D eigenvalue weighted by atomic mass is 16.1. The number of anilines is 2. The molecule has 2 aromatic heterocycles. The first kappa shape index (κ1) is 18.9. The highest BCUT2D eigenvalue weighted by Crippen LogP contribution is 2.18. The number of nitrogen functional groups attached to an aromatic ring is 1. The highest BCUT2D eigenvalue weighted by Gasteiger charge is 2.08. The summed E-state index contributed by atoms with van der Waals surface area (Å²) in [6.45, 7) is 3.38. The second-order valence-electron chi connectivity index (χ2n) is 5.71. The van der Waals surface area contributed by atoms with Crippen molar-refractivity contribution in [2.24, 2.45) is 0 Å². The number of nitrogens with one attached hydrogen (secondary N) is 1. The normalized spacial score (nSPS) is 10.2. The number of hydrogen-bond donors (Lipinski definition) is 3. The summed E-state index contributed by atoms with van der Waals surface area (Å²) in [6.07, 6.45) is 2.93. The number of nitrogens with two attached hydrogens (primary N) is 1. The van der Waals surface area contributed by atoms with Gasteiger partial charge in [-0.15, -0.1) is 0 Å². The maximum Gasteiger partial charge on any atom is 0.179 e. The summed E-state index contributed by atoms with van der Waals surface area (Å²) in [5, 5.41) is 3.97. The van der Waals surface area contributed by atoms with Crippen LogP contribution in [0.3, 0.4) is 0 Å². The number of hydrogen-bond acceptors (Lipinski definition) is 8. The van der Waals surface area contributed by atoms with Gasteiger partial charge in [-0.25, -0.2) is 9.97 Å². The van der Waals surface area contributed by atoms with E-state index in [9.17, 15) is 9.59 Å². The topological polar surface area (TPSA) is 146 Å². The van der Waals surface area contributed by atoms with E-state index in [0.717, 1.165) is 16.5 Å². The van der Waals surface area contributed by atoms with Crippen molar-refractivity contribution in [3.05, 3.63) is 53.5 Å². The molecule has 0 aliphatic carbocycles. The Hall–Kier alpha value is -3.39. The minimum absolute atomic E-state index is 0. The number of fused-ring (bicyclic) bond motifs is 1. The fraction of sp³-hybridized carbons (Fsp3) is 0.167. The van der Waals surface area contributed by atoms with Crippen LogP contribution < -0.4 is 17.2 Å². The van der Waals surface area contributed by atoms with Crippen molar-refractivity contribution in [3.8, 4) is 0 Å². The van der Waals surface area contributed by atoms with E-state index in [0.29, 0.717) is 17.9 Å². The number of ketones is 2. The van der Waals surface area contributed by atoms with E-state index in [4.69, 9.17) is 5.73 Å². The Kier molecular flexibility index (Phi) is 5.58. The fourth-order valence-corrected chi connectivity index (χ4v) is 2.37. The third kappa shape index (κ3) is 3.98. The van der Waals surface area contributed by atoms with Gasteiger partial charge in [0.05, 0.1) is 11.7 Å². The SMILES string of the molecule is CC(=O)c1cnc2ccc(CNc3nc(C(C)=O)cnc3N)cc2c1.N. The van der Waals surface area contributed by atoms with Crippen molar-refractivity contribution in [1.29, 1.82) is 0 Å². The molecule has 0 spiro atoms. The van der Waals surface area contributed by atoms with Crippen LogP contribution in [-0.2, 0) is 6.54 Å². The first-order valence-electron chi connectivity index (χ1n) is 7.71. The van der Waals surface area contributed by atoms with Gasteiger partial charge in [-0.2, -0.15) is 0 Å². The zero-order chi connectivity index (χ0) is 18.0. The van der Waals surface area contributed by atoms with Crippen LogP contribution in [0.15, 0.2) is 36.7 Å². The molecule has 134 valence electrons. The molecule has 8 nitrogen and oxygen atoms in total. The van der Waals surface area contributed by atoms with Crippen molar-refractivity contribution >= 4 is 34.1 Å². The third-order valence-corrected chi connectivity index (χ3v) is 3.77. The Morgan fingerprint density at radius 3 is 2.54 bits per heavy atom. The van der Waals surface area contributed by atoms with Gasteiger partial charge in [0, 0.05) is 30.6 Å². The molecule has 0 fully saturated rings. The Balaban J connectivity index is 0.00000243. The molecule has 0 amide bonds. The lowest BCUT2D eigenvalue weighted by Crippen LogP contribution is -2.09. The Morgan fingerprint density at radius 2 is 1.85 bits per heavy atom. The number of aromatic nitrogens is 3. The van der Waals surface area contributed by atoms with E-state index in [1.165, 1.54) is 20.0 Å². The highest BCUT2D eigenvalue weighted by molar-refractivity contribution is 5.97. The molecule has 0 unspecified atom stereocenters. The minimum Gasteiger partial charge on any atom is -0.381 e. The first-order chi connectivity index (χ1) is 11.9. The quantitative estimate of drug-likeness (QED) is 0.594. The lowest BCUT2D eigenvalue weighted by atomic mass is 10.1. The number of pyridine rings is 1. The van der Waals surface area contributed by atoms with E-state index >= 15 is 0 Å². The van der Waals surface area contributed by atoms with Gasteiger partial charge >= 0.3 is 0 Å². The average molecular weight is 352 g/mol. The molecule has 0 aliphatic rings. The number of nitrogens with zero attached hydrogens (tertiary/aromatic N) is 3. The second-order valence-corrected chi connectivity index (χ2v) is 5.71. The molecule has 0 saturated carbocycles. The van der Waals surface area contributed by atoms with Crippen molar-refractivity contribution < 1.29 is 9.59 Å². The summed E-state index contributed by atoms with van der Waals surface area (Å²) in [5.41, 5.74) is 8.40. The van der Waals surface area contributed by atoms with Gasteiger partial charge in [-0.05, 0) is 30.7 Å². The molecular formula is C18H20N6O2. The summed E-state index contributed by atoms with van der Waals surface area (Å²) < 4.78 is 0. The van der Waals surface area contributed by atoms with Gasteiger partial charge in [0.25, 0.3) is 0 Å². The standard InChI is InChI=1S/C18H17N5O2.H3N/c1-10(24)14-6-13-5-12(3-4-15(13)20-8-14)7-22-18-17(19)21-9-16(23-18)11(2)25;/h3-6,8-9H,7H2,1-2H3,(H2,19,21)(H,22,23);1H3. The molecule has 6 N–H and O–H groups in total. The maximum atomic E-state index is 11.5. The van der Waals surface area contributed by atoms with Gasteiger partial charge < -0.3 is 17.2 Å². The molecule has 0 aliphatic heterocycles. The second kappa shape index (κ2) is 7.66. The molecule has 26 heavy (non-hydrogen) atoms. The molecule has 1 aromatic carbocycles. The summed E-state index contributed by atoms with van der Waals surface area (Å²) >= 11 is 0. The van der Waals surface area contributed by atoms with Gasteiger partial charge in [0.1, 0.15) is 5.69 Å². The van der Waals surface area contributed by atoms with E-state index in [1.54, 1.807) is 6.20 Å². The Morgan fingerprint density at radius 1 is 1.08 bits per heavy atom. The molecule has 3 aromatic rings. The molecule has 3 rings (SSSR count). The van der Waals surface area contributed by atoms with Crippen LogP contribution in [0.4, 0.5) is 11.6 Å². The predicted octanol–water partition coefficient (Wildman–Crippen LogP) is 2.79. The summed E-state index contributed by atoms with van der Waals surface area (Å²) in [6, 6.07) is 7.57. The fourth-order valence-electron chi connectivity index (χ4n) is 2.37. The molecule has 0 atom stereocenters. The van der Waals surface area contributed by atoms with Crippen LogP contribution in [-0.4, -0.2) is 26.5 Å². The van der Waals surface area contributed by atoms with Gasteiger partial charge in [0.2, 0.25) is 0 Å². The van der Waals surface area contributed by atoms with E-state index in [2.05, 4.69) is 20.3 Å². The molecule has 0 saturated heterocycles. The van der Waals surface area contributed by atoms with Crippen LogP contribution in [0, 0.1) is 0 Å².